The lowest BCUT2D eigenvalue weighted by Crippen LogP contribution is -2.34. The van der Waals surface area contributed by atoms with Crippen LogP contribution in [0, 0.1) is 0 Å². The Balaban J connectivity index is 2.25. The molecular weight excluding hydrogens is 252 g/mol. The summed E-state index contributed by atoms with van der Waals surface area (Å²) in [5.74, 6) is 0. The number of nitrogens with one attached hydrogen (secondary N) is 1. The van der Waals surface area contributed by atoms with Gasteiger partial charge in [-0.3, -0.25) is 4.57 Å². The maximum atomic E-state index is 11.4. The highest BCUT2D eigenvalue weighted by Crippen LogP contribution is 2.00. The van der Waals surface area contributed by atoms with Gasteiger partial charge >= 0.3 is 5.69 Å². The summed E-state index contributed by atoms with van der Waals surface area (Å²) in [6.45, 7) is 9.71. The van der Waals surface area contributed by atoms with Gasteiger partial charge in [0.05, 0.1) is 11.2 Å². The van der Waals surface area contributed by atoms with E-state index in [0.29, 0.717) is 11.6 Å². The number of nitrogens with zero attached hydrogens (tertiary/aromatic N) is 3. The number of hydrogen-bond acceptors (Lipinski definition) is 4. The molecule has 1 heterocycles. The molecule has 18 heavy (non-hydrogen) atoms. The monoisotopic (exact) mass is 272 g/mol. The van der Waals surface area contributed by atoms with Crippen LogP contribution in [0.25, 0.3) is 0 Å². The van der Waals surface area contributed by atoms with E-state index >= 15 is 0 Å². The average molecular weight is 273 g/mol. The van der Waals surface area contributed by atoms with Crippen LogP contribution >= 0.6 is 11.6 Å². The van der Waals surface area contributed by atoms with Crippen LogP contribution in [0.2, 0.25) is 5.02 Å². The summed E-state index contributed by atoms with van der Waals surface area (Å²) in [5.41, 5.74) is -0.259. The number of aromatic nitrogens is 2. The fourth-order valence-electron chi connectivity index (χ4n) is 1.69. The van der Waals surface area contributed by atoms with Crippen LogP contribution < -0.4 is 11.0 Å². The molecule has 1 aromatic heterocycles. The number of halogens is 1. The molecule has 0 saturated carbocycles. The summed E-state index contributed by atoms with van der Waals surface area (Å²) in [5, 5.41) is 3.79. The molecule has 5 nitrogen and oxygen atoms in total. The van der Waals surface area contributed by atoms with Crippen molar-refractivity contribution in [1.82, 2.24) is 19.8 Å². The predicted octanol–water partition coefficient (Wildman–Crippen LogP) is 0.828. The van der Waals surface area contributed by atoms with Gasteiger partial charge in [-0.15, -0.1) is 0 Å². The summed E-state index contributed by atoms with van der Waals surface area (Å²) in [4.78, 5) is 17.4. The zero-order valence-corrected chi connectivity index (χ0v) is 11.8. The van der Waals surface area contributed by atoms with Crippen molar-refractivity contribution in [2.75, 3.05) is 32.7 Å². The first-order valence-corrected chi connectivity index (χ1v) is 6.70. The van der Waals surface area contributed by atoms with Crippen molar-refractivity contribution in [3.63, 3.8) is 0 Å². The van der Waals surface area contributed by atoms with Gasteiger partial charge in [0.15, 0.2) is 0 Å². The van der Waals surface area contributed by atoms with Gasteiger partial charge in [-0.1, -0.05) is 25.4 Å². The minimum absolute atomic E-state index is 0.259. The molecule has 0 aliphatic heterocycles. The molecule has 0 unspecified atom stereocenters. The summed E-state index contributed by atoms with van der Waals surface area (Å²) in [6, 6.07) is 0. The molecule has 0 aromatic carbocycles. The van der Waals surface area contributed by atoms with Gasteiger partial charge < -0.3 is 10.2 Å². The van der Waals surface area contributed by atoms with E-state index in [9.17, 15) is 4.79 Å². The van der Waals surface area contributed by atoms with Crippen LogP contribution in [0.3, 0.4) is 0 Å². The molecular formula is C12H21ClN4O. The lowest BCUT2D eigenvalue weighted by Gasteiger charge is -2.18. The molecule has 0 aliphatic rings. The Morgan fingerprint density at radius 3 is 2.78 bits per heavy atom. The first kappa shape index (κ1) is 15.1. The van der Waals surface area contributed by atoms with Gasteiger partial charge in [-0.25, -0.2) is 9.78 Å². The van der Waals surface area contributed by atoms with Crippen molar-refractivity contribution >= 4 is 11.6 Å². The molecule has 1 N–H and O–H groups in total. The largest absolute Gasteiger partial charge is 0.347 e. The quantitative estimate of drug-likeness (QED) is 0.712. The summed E-state index contributed by atoms with van der Waals surface area (Å²) in [6.07, 6.45) is 2.98. The van der Waals surface area contributed by atoms with E-state index in [1.165, 1.54) is 10.8 Å². The summed E-state index contributed by atoms with van der Waals surface area (Å²) in [7, 11) is 0. The minimum atomic E-state index is -0.259. The molecule has 0 aliphatic carbocycles. The van der Waals surface area contributed by atoms with Crippen molar-refractivity contribution in [2.24, 2.45) is 0 Å². The highest BCUT2D eigenvalue weighted by molar-refractivity contribution is 6.30. The molecule has 0 radical (unpaired) electrons. The molecule has 1 aromatic rings. The smallest absolute Gasteiger partial charge is 0.314 e. The van der Waals surface area contributed by atoms with Crippen molar-refractivity contribution in [2.45, 2.75) is 20.4 Å². The molecule has 0 amide bonds. The van der Waals surface area contributed by atoms with Gasteiger partial charge in [-0.05, 0) is 13.1 Å². The van der Waals surface area contributed by atoms with Crippen LogP contribution in [0.15, 0.2) is 17.2 Å². The second kappa shape index (κ2) is 8.24. The fourth-order valence-corrected chi connectivity index (χ4v) is 1.86. The molecule has 1 rings (SSSR count). The number of rotatable bonds is 8. The lowest BCUT2D eigenvalue weighted by atomic mass is 10.4. The Morgan fingerprint density at radius 2 is 2.11 bits per heavy atom. The molecule has 0 saturated heterocycles. The topological polar surface area (TPSA) is 50.2 Å². The Labute approximate surface area is 113 Å². The fraction of sp³-hybridized carbons (Fsp3) is 0.667. The Hall–Kier alpha value is -0.910. The molecule has 0 spiro atoms. The molecule has 6 heteroatoms. The van der Waals surface area contributed by atoms with E-state index in [1.807, 2.05) is 0 Å². The van der Waals surface area contributed by atoms with E-state index in [2.05, 4.69) is 29.0 Å². The Bertz CT molecular complexity index is 403. The van der Waals surface area contributed by atoms with E-state index in [0.717, 1.165) is 32.7 Å². The van der Waals surface area contributed by atoms with E-state index in [4.69, 9.17) is 11.6 Å². The second-order valence-corrected chi connectivity index (χ2v) is 4.46. The SMILES string of the molecule is CCN(CC)CCNCCn1cc(Cl)cnc1=O. The highest BCUT2D eigenvalue weighted by Gasteiger charge is 1.99. The third-order valence-electron chi connectivity index (χ3n) is 2.85. The van der Waals surface area contributed by atoms with Gasteiger partial charge in [0.2, 0.25) is 0 Å². The van der Waals surface area contributed by atoms with E-state index in [1.54, 1.807) is 6.20 Å². The Kier molecular flexibility index (Phi) is 6.93. The van der Waals surface area contributed by atoms with Crippen LogP contribution in [0.5, 0.6) is 0 Å². The maximum Gasteiger partial charge on any atom is 0.347 e. The minimum Gasteiger partial charge on any atom is -0.314 e. The van der Waals surface area contributed by atoms with Crippen LogP contribution in [0.1, 0.15) is 13.8 Å². The third-order valence-corrected chi connectivity index (χ3v) is 3.05. The first-order chi connectivity index (χ1) is 8.67. The van der Waals surface area contributed by atoms with Crippen LogP contribution in [-0.4, -0.2) is 47.2 Å². The normalized spacial score (nSPS) is 11.1. The van der Waals surface area contributed by atoms with Crippen LogP contribution in [0.4, 0.5) is 0 Å². The average Bonchev–Trinajstić information content (AvgIpc) is 2.38. The van der Waals surface area contributed by atoms with Crippen LogP contribution in [-0.2, 0) is 6.54 Å². The second-order valence-electron chi connectivity index (χ2n) is 4.03. The zero-order chi connectivity index (χ0) is 13.4. The van der Waals surface area contributed by atoms with Crippen molar-refractivity contribution < 1.29 is 0 Å². The standard InChI is InChI=1S/C12H21ClN4O/c1-3-16(4-2)7-5-14-6-8-17-10-11(13)9-15-12(17)18/h9-10,14H,3-8H2,1-2H3. The summed E-state index contributed by atoms with van der Waals surface area (Å²) >= 11 is 5.79. The Morgan fingerprint density at radius 1 is 1.39 bits per heavy atom. The predicted molar refractivity (Wildman–Crippen MR) is 74.2 cm³/mol. The van der Waals surface area contributed by atoms with Gasteiger partial charge in [-0.2, -0.15) is 0 Å². The first-order valence-electron chi connectivity index (χ1n) is 6.32. The van der Waals surface area contributed by atoms with Gasteiger partial charge in [0.1, 0.15) is 0 Å². The van der Waals surface area contributed by atoms with Crippen molar-refractivity contribution in [3.05, 3.63) is 27.9 Å². The number of likely N-dealkylation sites (N-methyl/N-ethyl adjacent to an activating group) is 1. The van der Waals surface area contributed by atoms with E-state index < -0.39 is 0 Å². The summed E-state index contributed by atoms with van der Waals surface area (Å²) < 4.78 is 1.52. The molecule has 102 valence electrons. The van der Waals surface area contributed by atoms with Crippen molar-refractivity contribution in [3.8, 4) is 0 Å². The molecule has 0 bridgehead atoms. The molecule has 0 atom stereocenters. The maximum absolute atomic E-state index is 11.4. The van der Waals surface area contributed by atoms with Gasteiger partial charge in [0, 0.05) is 32.4 Å². The lowest BCUT2D eigenvalue weighted by molar-refractivity contribution is 0.301. The highest BCUT2D eigenvalue weighted by atomic mass is 35.5. The van der Waals surface area contributed by atoms with Crippen molar-refractivity contribution in [1.29, 1.82) is 0 Å². The number of hydrogen-bond donors (Lipinski definition) is 1. The van der Waals surface area contributed by atoms with E-state index in [-0.39, 0.29) is 5.69 Å². The van der Waals surface area contributed by atoms with Gasteiger partial charge in [0.25, 0.3) is 0 Å². The third kappa shape index (κ3) is 5.16. The molecule has 0 fully saturated rings. The zero-order valence-electron chi connectivity index (χ0n) is 11.0.